The van der Waals surface area contributed by atoms with Gasteiger partial charge < -0.3 is 4.90 Å². The normalized spacial score (nSPS) is 24.0. The van der Waals surface area contributed by atoms with Gasteiger partial charge in [0, 0.05) is 11.8 Å². The van der Waals surface area contributed by atoms with Gasteiger partial charge in [0.15, 0.2) is 5.17 Å². The van der Waals surface area contributed by atoms with E-state index in [0.717, 1.165) is 17.7 Å². The Morgan fingerprint density at radius 3 is 2.70 bits per heavy atom. The molecule has 1 aromatic carbocycles. The molecule has 1 aromatic rings. The Hall–Kier alpha value is -1.62. The van der Waals surface area contributed by atoms with Gasteiger partial charge in [-0.2, -0.15) is 0 Å². The van der Waals surface area contributed by atoms with Crippen LogP contribution < -0.4 is 0 Å². The third kappa shape index (κ3) is 3.71. The van der Waals surface area contributed by atoms with E-state index in [1.54, 1.807) is 6.08 Å². The predicted octanol–water partition coefficient (Wildman–Crippen LogP) is 6.28. The van der Waals surface area contributed by atoms with Gasteiger partial charge in [0.25, 0.3) is 0 Å². The van der Waals surface area contributed by atoms with Crippen molar-refractivity contribution in [3.63, 3.8) is 0 Å². The van der Waals surface area contributed by atoms with E-state index in [1.807, 2.05) is 17.8 Å². The molecule has 3 fully saturated rings. The van der Waals surface area contributed by atoms with Crippen LogP contribution >= 0.6 is 11.8 Å². The first-order valence-corrected chi connectivity index (χ1v) is 11.4. The number of rotatable bonds is 5. The van der Waals surface area contributed by atoms with Gasteiger partial charge in [-0.1, -0.05) is 50.4 Å². The van der Waals surface area contributed by atoms with Crippen LogP contribution in [0.15, 0.2) is 34.6 Å². The molecule has 1 saturated heterocycles. The second-order valence-corrected chi connectivity index (χ2v) is 9.03. The molecular formula is C22H29N3OS. The average molecular weight is 384 g/mol. The van der Waals surface area contributed by atoms with Crippen LogP contribution in [0.3, 0.4) is 0 Å². The lowest BCUT2D eigenvalue weighted by Gasteiger charge is -2.40. The number of nitroso groups, excluding NO2 is 1. The average Bonchev–Trinajstić information content (AvgIpc) is 3.44. The van der Waals surface area contributed by atoms with Gasteiger partial charge in [0.05, 0.1) is 17.4 Å². The highest BCUT2D eigenvalue weighted by Gasteiger charge is 2.49. The lowest BCUT2D eigenvalue weighted by Crippen LogP contribution is -2.50. The Morgan fingerprint density at radius 1 is 1.22 bits per heavy atom. The van der Waals surface area contributed by atoms with Crippen LogP contribution in [0.2, 0.25) is 0 Å². The highest BCUT2D eigenvalue weighted by atomic mass is 32.2. The van der Waals surface area contributed by atoms with Crippen LogP contribution in [0.25, 0.3) is 6.08 Å². The molecule has 5 heteroatoms. The molecule has 3 aliphatic rings. The lowest BCUT2D eigenvalue weighted by molar-refractivity contribution is 0.163. The smallest absolute Gasteiger partial charge is 0.165 e. The Labute approximate surface area is 166 Å². The summed E-state index contributed by atoms with van der Waals surface area (Å²) in [6, 6.07) is 6.95. The summed E-state index contributed by atoms with van der Waals surface area (Å²) in [4.78, 5) is 18.3. The van der Waals surface area contributed by atoms with Crippen LogP contribution in [0.1, 0.15) is 69.4 Å². The Morgan fingerprint density at radius 2 is 2.00 bits per heavy atom. The highest BCUT2D eigenvalue weighted by molar-refractivity contribution is 8.14. The molecular weight excluding hydrogens is 354 g/mol. The van der Waals surface area contributed by atoms with Crippen molar-refractivity contribution < 1.29 is 0 Å². The van der Waals surface area contributed by atoms with E-state index >= 15 is 0 Å². The van der Waals surface area contributed by atoms with Crippen molar-refractivity contribution in [2.45, 2.75) is 76.3 Å². The molecule has 1 heterocycles. The summed E-state index contributed by atoms with van der Waals surface area (Å²) < 4.78 is 0. The van der Waals surface area contributed by atoms with Gasteiger partial charge in [-0.25, -0.2) is 4.99 Å². The van der Waals surface area contributed by atoms with E-state index in [0.29, 0.717) is 11.6 Å². The van der Waals surface area contributed by atoms with E-state index in [2.05, 4.69) is 29.1 Å². The topological polar surface area (TPSA) is 45.0 Å². The number of amidine groups is 1. The summed E-state index contributed by atoms with van der Waals surface area (Å²) >= 11 is 1.97. The van der Waals surface area contributed by atoms with Gasteiger partial charge in [-0.15, -0.1) is 4.91 Å². The maximum Gasteiger partial charge on any atom is 0.165 e. The molecule has 0 amide bonds. The van der Waals surface area contributed by atoms with Gasteiger partial charge in [0.2, 0.25) is 0 Å². The number of thioether (sulfide) groups is 1. The Balaban J connectivity index is 1.67. The third-order valence-electron chi connectivity index (χ3n) is 6.44. The van der Waals surface area contributed by atoms with Gasteiger partial charge in [-0.3, -0.25) is 0 Å². The Kier molecular flexibility index (Phi) is 5.67. The lowest BCUT2D eigenvalue weighted by atomic mass is 9.95. The van der Waals surface area contributed by atoms with E-state index in [1.165, 1.54) is 74.1 Å². The van der Waals surface area contributed by atoms with Crippen LogP contribution in [0.5, 0.6) is 0 Å². The van der Waals surface area contributed by atoms with Crippen LogP contribution in [-0.2, 0) is 6.42 Å². The van der Waals surface area contributed by atoms with Crippen molar-refractivity contribution in [3.05, 3.63) is 40.4 Å². The van der Waals surface area contributed by atoms with Crippen LogP contribution in [0.4, 0.5) is 5.69 Å². The fraction of sp³-hybridized carbons (Fsp3) is 0.591. The quantitative estimate of drug-likeness (QED) is 0.562. The van der Waals surface area contributed by atoms with Crippen molar-refractivity contribution in [1.82, 2.24) is 4.90 Å². The van der Waals surface area contributed by atoms with Crippen molar-refractivity contribution in [3.8, 4) is 0 Å². The van der Waals surface area contributed by atoms with Crippen LogP contribution in [0, 0.1) is 4.91 Å². The minimum atomic E-state index is 0.364. The number of aryl methyl sites for hydroxylation is 1. The van der Waals surface area contributed by atoms with Gasteiger partial charge >= 0.3 is 0 Å². The molecule has 2 saturated carbocycles. The van der Waals surface area contributed by atoms with Gasteiger partial charge in [-0.05, 0) is 66.6 Å². The third-order valence-corrected chi connectivity index (χ3v) is 7.67. The zero-order valence-corrected chi connectivity index (χ0v) is 17.0. The molecule has 2 aliphatic carbocycles. The molecule has 4 nitrogen and oxygen atoms in total. The molecule has 1 spiro atoms. The van der Waals surface area contributed by atoms with E-state index in [4.69, 9.17) is 4.99 Å². The summed E-state index contributed by atoms with van der Waals surface area (Å²) in [5.74, 6) is 1.20. The number of hydrogen-bond acceptors (Lipinski definition) is 4. The number of aliphatic imine (C=N–C) groups is 1. The molecule has 0 bridgehead atoms. The fourth-order valence-corrected chi connectivity index (χ4v) is 6.54. The summed E-state index contributed by atoms with van der Waals surface area (Å²) in [6.45, 7) is 2.17. The molecule has 0 atom stereocenters. The SMILES string of the molecule is CCc1cc(/C=C/N=O)ccc1N=C1SCC2(CCCC2)N1C1CCCC1. The molecule has 1 aliphatic heterocycles. The molecule has 0 radical (unpaired) electrons. The zero-order chi connectivity index (χ0) is 18.7. The first-order chi connectivity index (χ1) is 13.3. The summed E-state index contributed by atoms with van der Waals surface area (Å²) in [5, 5.41) is 4.07. The van der Waals surface area contributed by atoms with Crippen LogP contribution in [-0.4, -0.2) is 27.4 Å². The van der Waals surface area contributed by atoms with Crippen molar-refractivity contribution >= 4 is 28.7 Å². The van der Waals surface area contributed by atoms with Crippen molar-refractivity contribution in [2.24, 2.45) is 10.2 Å². The minimum Gasteiger partial charge on any atom is -0.342 e. The van der Waals surface area contributed by atoms with Crippen molar-refractivity contribution in [1.29, 1.82) is 0 Å². The summed E-state index contributed by atoms with van der Waals surface area (Å²) in [7, 11) is 0. The molecule has 27 heavy (non-hydrogen) atoms. The standard InChI is InChI=1S/C22H29N3OS/c1-2-18-15-17(11-14-23-26)9-10-20(18)24-21-25(19-7-3-4-8-19)22(16-27-21)12-5-6-13-22/h9-11,14-15,19H,2-8,12-13,16H2,1H3/b14-11+,24-21?. The first kappa shape index (κ1) is 18.7. The second-order valence-electron chi connectivity index (χ2n) is 8.09. The monoisotopic (exact) mass is 383 g/mol. The van der Waals surface area contributed by atoms with E-state index in [9.17, 15) is 4.91 Å². The zero-order valence-electron chi connectivity index (χ0n) is 16.2. The van der Waals surface area contributed by atoms with Crippen molar-refractivity contribution in [2.75, 3.05) is 5.75 Å². The highest BCUT2D eigenvalue weighted by Crippen LogP contribution is 2.48. The molecule has 144 valence electrons. The number of benzene rings is 1. The number of nitrogens with zero attached hydrogens (tertiary/aromatic N) is 3. The second kappa shape index (κ2) is 8.17. The van der Waals surface area contributed by atoms with E-state index in [-0.39, 0.29) is 0 Å². The molecule has 0 N–H and O–H groups in total. The Bertz CT molecular complexity index is 746. The van der Waals surface area contributed by atoms with Gasteiger partial charge in [0.1, 0.15) is 0 Å². The molecule has 0 aromatic heterocycles. The summed E-state index contributed by atoms with van der Waals surface area (Å²) in [5.41, 5.74) is 3.68. The van der Waals surface area contributed by atoms with E-state index < -0.39 is 0 Å². The summed E-state index contributed by atoms with van der Waals surface area (Å²) in [6.07, 6.45) is 14.8. The first-order valence-electron chi connectivity index (χ1n) is 10.4. The fourth-order valence-electron chi connectivity index (χ4n) is 5.07. The maximum absolute atomic E-state index is 10.3. The minimum absolute atomic E-state index is 0.364. The predicted molar refractivity (Wildman–Crippen MR) is 115 cm³/mol. The molecule has 0 unspecified atom stereocenters. The number of hydrogen-bond donors (Lipinski definition) is 0. The molecule has 4 rings (SSSR count). The largest absolute Gasteiger partial charge is 0.342 e. The maximum atomic E-state index is 10.3.